The summed E-state index contributed by atoms with van der Waals surface area (Å²) in [6.07, 6.45) is 3.30. The van der Waals surface area contributed by atoms with Crippen molar-refractivity contribution < 1.29 is 38.2 Å². The Kier molecular flexibility index (Phi) is 11.6. The van der Waals surface area contributed by atoms with Gasteiger partial charge in [0.1, 0.15) is 25.4 Å². The average molecular weight is 581 g/mol. The summed E-state index contributed by atoms with van der Waals surface area (Å²) in [5.74, 6) is -0.796. The second-order valence-corrected chi connectivity index (χ2v) is 10.4. The lowest BCUT2D eigenvalue weighted by Gasteiger charge is -2.27. The summed E-state index contributed by atoms with van der Waals surface area (Å²) in [4.78, 5) is 62.7. The summed E-state index contributed by atoms with van der Waals surface area (Å²) in [5.41, 5.74) is 4.78. The number of nitrogens with one attached hydrogen (secondary N) is 1. The Balaban J connectivity index is 0.00000155. The van der Waals surface area contributed by atoms with Crippen molar-refractivity contribution in [1.82, 2.24) is 10.2 Å². The van der Waals surface area contributed by atoms with Gasteiger partial charge >= 0.3 is 12.1 Å². The van der Waals surface area contributed by atoms with Crippen molar-refractivity contribution in [2.45, 2.75) is 72.4 Å². The Hall–Kier alpha value is -4.21. The number of ether oxygens (including phenoxy) is 3. The SMILES string of the molecule is CCC.CC[C@H](C)N(CC(=O)OCC(=O)c1ccc2c(c1)COc1cc3c(cc1-2)CCCC3=O)C(=O)CNC(=O)OC. The van der Waals surface area contributed by atoms with E-state index < -0.39 is 24.6 Å². The minimum Gasteiger partial charge on any atom is -0.488 e. The normalized spacial score (nSPS) is 13.5. The van der Waals surface area contributed by atoms with Crippen molar-refractivity contribution in [3.8, 4) is 16.9 Å². The number of ketones is 2. The fourth-order valence-corrected chi connectivity index (χ4v) is 4.75. The van der Waals surface area contributed by atoms with E-state index in [1.807, 2.05) is 25.1 Å². The molecule has 0 saturated heterocycles. The highest BCUT2D eigenvalue weighted by Crippen LogP contribution is 2.41. The number of amides is 2. The van der Waals surface area contributed by atoms with Crippen molar-refractivity contribution >= 4 is 29.5 Å². The Bertz CT molecular complexity index is 1340. The average Bonchev–Trinajstić information content (AvgIpc) is 3.00. The maximum absolute atomic E-state index is 12.8. The number of alkyl carbamates (subject to hydrolysis) is 1. The summed E-state index contributed by atoms with van der Waals surface area (Å²) in [6.45, 7) is 6.97. The second-order valence-electron chi connectivity index (χ2n) is 10.4. The van der Waals surface area contributed by atoms with Gasteiger partial charge in [-0.1, -0.05) is 39.3 Å². The van der Waals surface area contributed by atoms with E-state index in [4.69, 9.17) is 9.47 Å². The van der Waals surface area contributed by atoms with Crippen molar-refractivity contribution in [1.29, 1.82) is 0 Å². The molecule has 0 unspecified atom stereocenters. The first-order valence-electron chi connectivity index (χ1n) is 14.4. The Labute approximate surface area is 246 Å². The Morgan fingerprint density at radius 1 is 1.00 bits per heavy atom. The van der Waals surface area contributed by atoms with E-state index in [0.29, 0.717) is 24.2 Å². The third-order valence-corrected chi connectivity index (χ3v) is 7.13. The number of carbonyl (C=O) groups excluding carboxylic acids is 5. The number of nitrogens with zero attached hydrogens (tertiary/aromatic N) is 1. The van der Waals surface area contributed by atoms with Gasteiger partial charge in [-0.25, -0.2) is 4.79 Å². The zero-order valence-corrected chi connectivity index (χ0v) is 25.0. The monoisotopic (exact) mass is 580 g/mol. The number of hydrogen-bond donors (Lipinski definition) is 1. The molecule has 2 amide bonds. The van der Waals surface area contributed by atoms with Crippen LogP contribution in [0.3, 0.4) is 0 Å². The molecule has 1 atom stereocenters. The van der Waals surface area contributed by atoms with Gasteiger partial charge in [0, 0.05) is 29.2 Å². The third-order valence-electron chi connectivity index (χ3n) is 7.13. The van der Waals surface area contributed by atoms with Crippen LogP contribution < -0.4 is 10.1 Å². The van der Waals surface area contributed by atoms with E-state index in [1.165, 1.54) is 18.4 Å². The molecule has 0 aromatic heterocycles. The van der Waals surface area contributed by atoms with Crippen LogP contribution in [0.4, 0.5) is 4.79 Å². The standard InChI is InChI=1S/C29H32N2O8.C3H8/c1-4-17(2)31(27(34)13-30-29(36)37-3)14-28(35)39-16-25(33)19-8-9-21-20(10-19)15-38-26-12-22-18(11-23(21)26)6-5-7-24(22)32;1-3-2/h8-12,17H,4-7,13-16H2,1-3H3,(H,30,36);3H2,1-2H3/t17-;/m0./s1. The first kappa shape index (κ1) is 32.3. The quantitative estimate of drug-likeness (QED) is 0.328. The largest absolute Gasteiger partial charge is 0.488 e. The van der Waals surface area contributed by atoms with Crippen LogP contribution >= 0.6 is 0 Å². The molecule has 10 nitrogen and oxygen atoms in total. The lowest BCUT2D eigenvalue weighted by molar-refractivity contribution is -0.149. The van der Waals surface area contributed by atoms with E-state index in [1.54, 1.807) is 19.1 Å². The highest BCUT2D eigenvalue weighted by molar-refractivity contribution is 6.01. The van der Waals surface area contributed by atoms with Gasteiger partial charge in [0.25, 0.3) is 0 Å². The van der Waals surface area contributed by atoms with E-state index in [-0.39, 0.29) is 37.3 Å². The van der Waals surface area contributed by atoms with Gasteiger partial charge in [-0.15, -0.1) is 0 Å². The molecule has 0 spiro atoms. The molecule has 10 heteroatoms. The zero-order valence-electron chi connectivity index (χ0n) is 25.0. The number of hydrogen-bond acceptors (Lipinski definition) is 8. The predicted molar refractivity (Wildman–Crippen MR) is 157 cm³/mol. The molecule has 2 aliphatic rings. The summed E-state index contributed by atoms with van der Waals surface area (Å²) >= 11 is 0. The molecule has 1 aliphatic carbocycles. The highest BCUT2D eigenvalue weighted by Gasteiger charge is 2.26. The molecule has 226 valence electrons. The fraction of sp³-hybridized carbons (Fsp3) is 0.469. The number of methoxy groups -OCH3 is 1. The molecule has 1 N–H and O–H groups in total. The predicted octanol–water partition coefficient (Wildman–Crippen LogP) is 4.89. The molecule has 1 aliphatic heterocycles. The Morgan fingerprint density at radius 2 is 1.74 bits per heavy atom. The van der Waals surface area contributed by atoms with Crippen LogP contribution in [-0.4, -0.2) is 67.3 Å². The van der Waals surface area contributed by atoms with Crippen molar-refractivity contribution in [3.05, 3.63) is 52.6 Å². The maximum atomic E-state index is 12.8. The molecule has 0 radical (unpaired) electrons. The van der Waals surface area contributed by atoms with Gasteiger partial charge in [-0.3, -0.25) is 19.2 Å². The van der Waals surface area contributed by atoms with Crippen LogP contribution in [0.2, 0.25) is 0 Å². The first-order valence-corrected chi connectivity index (χ1v) is 14.4. The molecule has 0 fully saturated rings. The van der Waals surface area contributed by atoms with Crippen LogP contribution in [0.15, 0.2) is 30.3 Å². The van der Waals surface area contributed by atoms with Gasteiger partial charge in [-0.05, 0) is 61.1 Å². The number of esters is 1. The van der Waals surface area contributed by atoms with Gasteiger partial charge in [0.15, 0.2) is 18.2 Å². The van der Waals surface area contributed by atoms with Gasteiger partial charge in [0.05, 0.1) is 7.11 Å². The van der Waals surface area contributed by atoms with E-state index in [0.717, 1.165) is 40.7 Å². The zero-order chi connectivity index (χ0) is 30.8. The lowest BCUT2D eigenvalue weighted by Crippen LogP contribution is -2.47. The van der Waals surface area contributed by atoms with Crippen LogP contribution in [-0.2, 0) is 32.1 Å². The molecule has 0 saturated carbocycles. The molecule has 1 heterocycles. The van der Waals surface area contributed by atoms with Gasteiger partial charge in [-0.2, -0.15) is 0 Å². The minimum atomic E-state index is -0.756. The van der Waals surface area contributed by atoms with Crippen molar-refractivity contribution in [2.75, 3.05) is 26.8 Å². The summed E-state index contributed by atoms with van der Waals surface area (Å²) < 4.78 is 15.6. The van der Waals surface area contributed by atoms with Gasteiger partial charge < -0.3 is 24.4 Å². The molecule has 0 bridgehead atoms. The smallest absolute Gasteiger partial charge is 0.407 e. The summed E-state index contributed by atoms with van der Waals surface area (Å²) in [7, 11) is 1.19. The van der Waals surface area contributed by atoms with Gasteiger partial charge in [0.2, 0.25) is 5.91 Å². The van der Waals surface area contributed by atoms with Crippen LogP contribution in [0.25, 0.3) is 11.1 Å². The molecule has 2 aromatic rings. The molecule has 2 aromatic carbocycles. The van der Waals surface area contributed by atoms with E-state index in [9.17, 15) is 24.0 Å². The third kappa shape index (κ3) is 7.96. The lowest BCUT2D eigenvalue weighted by atomic mass is 9.86. The summed E-state index contributed by atoms with van der Waals surface area (Å²) in [6, 6.07) is 8.81. The topological polar surface area (TPSA) is 128 Å². The number of rotatable bonds is 9. The second kappa shape index (κ2) is 15.1. The fourth-order valence-electron chi connectivity index (χ4n) is 4.75. The highest BCUT2D eigenvalue weighted by atomic mass is 16.5. The number of Topliss-reactive ketones (excluding diaryl/α,β-unsaturated/α-hetero) is 2. The van der Waals surface area contributed by atoms with Crippen molar-refractivity contribution in [3.63, 3.8) is 0 Å². The first-order chi connectivity index (χ1) is 20.1. The molecular formula is C32H40N2O8. The number of benzene rings is 2. The maximum Gasteiger partial charge on any atom is 0.407 e. The van der Waals surface area contributed by atoms with E-state index in [2.05, 4.69) is 23.9 Å². The minimum absolute atomic E-state index is 0.137. The number of carbonyl (C=O) groups is 5. The van der Waals surface area contributed by atoms with Crippen LogP contribution in [0, 0.1) is 0 Å². The molecule has 42 heavy (non-hydrogen) atoms. The van der Waals surface area contributed by atoms with E-state index >= 15 is 0 Å². The summed E-state index contributed by atoms with van der Waals surface area (Å²) in [5, 5.41) is 2.30. The Morgan fingerprint density at radius 3 is 2.43 bits per heavy atom. The van der Waals surface area contributed by atoms with Crippen molar-refractivity contribution in [2.24, 2.45) is 0 Å². The molecule has 4 rings (SSSR count). The number of fused-ring (bicyclic) bond motifs is 4. The van der Waals surface area contributed by atoms with Crippen LogP contribution in [0.5, 0.6) is 5.75 Å². The van der Waals surface area contributed by atoms with Crippen LogP contribution in [0.1, 0.15) is 85.2 Å². The number of aryl methyl sites for hydroxylation is 1. The molecular weight excluding hydrogens is 540 g/mol.